The zero-order valence-electron chi connectivity index (χ0n) is 16.2. The first kappa shape index (κ1) is 18.5. The smallest absolute Gasteiger partial charge is 0.282 e. The van der Waals surface area contributed by atoms with Crippen LogP contribution in [0.3, 0.4) is 0 Å². The molecule has 3 aromatic carbocycles. The Kier molecular flexibility index (Phi) is 4.87. The van der Waals surface area contributed by atoms with Crippen LogP contribution in [0.5, 0.6) is 5.75 Å². The first-order chi connectivity index (χ1) is 14.1. The van der Waals surface area contributed by atoms with E-state index in [-0.39, 0.29) is 17.5 Å². The van der Waals surface area contributed by atoms with Crippen LogP contribution in [-0.2, 0) is 9.59 Å². The Morgan fingerprint density at radius 3 is 2.10 bits per heavy atom. The van der Waals surface area contributed by atoms with E-state index in [1.54, 1.807) is 25.3 Å². The zero-order valence-corrected chi connectivity index (χ0v) is 16.2. The van der Waals surface area contributed by atoms with Gasteiger partial charge in [-0.25, -0.2) is 4.90 Å². The van der Waals surface area contributed by atoms with Crippen LogP contribution in [0.2, 0.25) is 0 Å². The van der Waals surface area contributed by atoms with E-state index >= 15 is 0 Å². The van der Waals surface area contributed by atoms with Crippen molar-refractivity contribution in [2.24, 2.45) is 0 Å². The zero-order chi connectivity index (χ0) is 20.4. The number of carbonyl (C=O) groups excluding carboxylic acids is 2. The van der Waals surface area contributed by atoms with E-state index in [0.717, 1.165) is 5.56 Å². The normalized spacial score (nSPS) is 13.8. The van der Waals surface area contributed by atoms with Gasteiger partial charge in [0.25, 0.3) is 11.8 Å². The van der Waals surface area contributed by atoms with Crippen molar-refractivity contribution >= 4 is 28.8 Å². The Hall–Kier alpha value is -3.86. The fraction of sp³-hybridized carbons (Fsp3) is 0.0833. The number of hydrogen-bond acceptors (Lipinski definition) is 4. The van der Waals surface area contributed by atoms with Crippen molar-refractivity contribution in [3.63, 3.8) is 0 Å². The van der Waals surface area contributed by atoms with Crippen LogP contribution in [0.4, 0.5) is 11.4 Å². The van der Waals surface area contributed by atoms with Gasteiger partial charge >= 0.3 is 0 Å². The molecule has 0 bridgehead atoms. The molecule has 0 fully saturated rings. The number of carbonyl (C=O) groups is 2. The summed E-state index contributed by atoms with van der Waals surface area (Å²) in [6, 6.07) is 23.8. The monoisotopic (exact) mass is 384 g/mol. The molecular weight excluding hydrogens is 364 g/mol. The van der Waals surface area contributed by atoms with E-state index in [2.05, 4.69) is 5.32 Å². The molecule has 5 nitrogen and oxygen atoms in total. The number of ether oxygens (including phenoxy) is 1. The number of methoxy groups -OCH3 is 1. The van der Waals surface area contributed by atoms with Crippen molar-refractivity contribution < 1.29 is 14.3 Å². The number of nitrogens with zero attached hydrogens (tertiary/aromatic N) is 1. The summed E-state index contributed by atoms with van der Waals surface area (Å²) >= 11 is 0. The van der Waals surface area contributed by atoms with E-state index < -0.39 is 0 Å². The van der Waals surface area contributed by atoms with Crippen LogP contribution in [-0.4, -0.2) is 18.9 Å². The van der Waals surface area contributed by atoms with Crippen molar-refractivity contribution in [2.75, 3.05) is 17.3 Å². The molecule has 0 aliphatic carbocycles. The lowest BCUT2D eigenvalue weighted by Crippen LogP contribution is -2.33. The van der Waals surface area contributed by atoms with E-state index in [1.165, 1.54) is 4.90 Å². The largest absolute Gasteiger partial charge is 0.497 e. The molecule has 1 heterocycles. The lowest BCUT2D eigenvalue weighted by molar-refractivity contribution is -0.120. The first-order valence-electron chi connectivity index (χ1n) is 9.25. The maximum absolute atomic E-state index is 13.4. The van der Waals surface area contributed by atoms with Crippen molar-refractivity contribution in [1.29, 1.82) is 0 Å². The van der Waals surface area contributed by atoms with Gasteiger partial charge in [-0.1, -0.05) is 48.5 Å². The Bertz CT molecular complexity index is 1100. The third-order valence-corrected chi connectivity index (χ3v) is 4.86. The Balaban J connectivity index is 1.80. The summed E-state index contributed by atoms with van der Waals surface area (Å²) in [4.78, 5) is 27.9. The standard InChI is InChI=1S/C24H20N2O3/c1-16-8-6-7-11-20(16)26-23(27)21(17-9-4-3-5-10-17)22(24(26)28)25-18-12-14-19(29-2)15-13-18/h3-15,25H,1-2H3. The van der Waals surface area contributed by atoms with Crippen molar-refractivity contribution in [3.8, 4) is 5.75 Å². The molecular formula is C24H20N2O3. The van der Waals surface area contributed by atoms with E-state index in [4.69, 9.17) is 4.74 Å². The molecule has 3 aromatic rings. The van der Waals surface area contributed by atoms with E-state index in [0.29, 0.717) is 28.3 Å². The Morgan fingerprint density at radius 2 is 1.45 bits per heavy atom. The van der Waals surface area contributed by atoms with Crippen LogP contribution >= 0.6 is 0 Å². The maximum Gasteiger partial charge on any atom is 0.282 e. The number of amides is 2. The Labute approximate surface area is 169 Å². The predicted molar refractivity (Wildman–Crippen MR) is 114 cm³/mol. The average Bonchev–Trinajstić information content (AvgIpc) is 2.99. The average molecular weight is 384 g/mol. The van der Waals surface area contributed by atoms with Gasteiger partial charge in [0.1, 0.15) is 11.4 Å². The highest BCUT2D eigenvalue weighted by Gasteiger charge is 2.40. The Morgan fingerprint density at radius 1 is 0.793 bits per heavy atom. The second-order valence-corrected chi connectivity index (χ2v) is 6.70. The summed E-state index contributed by atoms with van der Waals surface area (Å²) in [7, 11) is 1.59. The van der Waals surface area contributed by atoms with Gasteiger partial charge in [-0.15, -0.1) is 0 Å². The quantitative estimate of drug-likeness (QED) is 0.663. The van der Waals surface area contributed by atoms with Gasteiger partial charge in [-0.05, 0) is 48.4 Å². The van der Waals surface area contributed by atoms with Gasteiger partial charge in [-0.3, -0.25) is 9.59 Å². The molecule has 0 atom stereocenters. The predicted octanol–water partition coefficient (Wildman–Crippen LogP) is 4.40. The second-order valence-electron chi connectivity index (χ2n) is 6.70. The van der Waals surface area contributed by atoms with Crippen molar-refractivity contribution in [1.82, 2.24) is 0 Å². The summed E-state index contributed by atoms with van der Waals surface area (Å²) in [5.74, 6) is -0.00587. The summed E-state index contributed by atoms with van der Waals surface area (Å²) in [6.07, 6.45) is 0. The minimum absolute atomic E-state index is 0.259. The summed E-state index contributed by atoms with van der Waals surface area (Å²) in [6.45, 7) is 1.88. The second kappa shape index (κ2) is 7.64. The number of nitrogens with one attached hydrogen (secondary N) is 1. The van der Waals surface area contributed by atoms with Crippen molar-refractivity contribution in [3.05, 3.63) is 95.7 Å². The van der Waals surface area contributed by atoms with Gasteiger partial charge in [0.05, 0.1) is 18.4 Å². The molecule has 1 aliphatic heterocycles. The molecule has 1 N–H and O–H groups in total. The molecule has 29 heavy (non-hydrogen) atoms. The van der Waals surface area contributed by atoms with Gasteiger partial charge in [0, 0.05) is 5.69 Å². The maximum atomic E-state index is 13.4. The summed E-state index contributed by atoms with van der Waals surface area (Å²) in [5.41, 5.74) is 3.44. The minimum Gasteiger partial charge on any atom is -0.497 e. The van der Waals surface area contributed by atoms with Crippen LogP contribution in [0.1, 0.15) is 11.1 Å². The number of para-hydroxylation sites is 1. The molecule has 1 aliphatic rings. The van der Waals surface area contributed by atoms with Gasteiger partial charge in [-0.2, -0.15) is 0 Å². The van der Waals surface area contributed by atoms with Gasteiger partial charge in [0.15, 0.2) is 0 Å². The number of aryl methyl sites for hydroxylation is 1. The molecule has 0 saturated carbocycles. The van der Waals surface area contributed by atoms with Crippen LogP contribution < -0.4 is 15.0 Å². The lowest BCUT2D eigenvalue weighted by Gasteiger charge is -2.17. The van der Waals surface area contributed by atoms with Crippen LogP contribution in [0.25, 0.3) is 5.57 Å². The topological polar surface area (TPSA) is 58.6 Å². The van der Waals surface area contributed by atoms with Crippen LogP contribution in [0.15, 0.2) is 84.6 Å². The third-order valence-electron chi connectivity index (χ3n) is 4.86. The SMILES string of the molecule is COc1ccc(NC2=C(c3ccccc3)C(=O)N(c3ccccc3C)C2=O)cc1. The fourth-order valence-corrected chi connectivity index (χ4v) is 3.37. The molecule has 5 heteroatoms. The highest BCUT2D eigenvalue weighted by molar-refractivity contribution is 6.46. The molecule has 144 valence electrons. The summed E-state index contributed by atoms with van der Waals surface area (Å²) < 4.78 is 5.19. The molecule has 0 saturated heterocycles. The highest BCUT2D eigenvalue weighted by atomic mass is 16.5. The van der Waals surface area contributed by atoms with Crippen LogP contribution in [0, 0.1) is 6.92 Å². The highest BCUT2D eigenvalue weighted by Crippen LogP contribution is 2.35. The molecule has 2 amide bonds. The third kappa shape index (κ3) is 3.38. The lowest BCUT2D eigenvalue weighted by atomic mass is 10.0. The number of benzene rings is 3. The number of anilines is 2. The molecule has 0 aromatic heterocycles. The molecule has 0 unspecified atom stereocenters. The molecule has 0 radical (unpaired) electrons. The molecule has 4 rings (SSSR count). The van der Waals surface area contributed by atoms with Crippen molar-refractivity contribution in [2.45, 2.75) is 6.92 Å². The van der Waals surface area contributed by atoms with E-state index in [9.17, 15) is 9.59 Å². The molecule has 0 spiro atoms. The first-order valence-corrected chi connectivity index (χ1v) is 9.25. The van der Waals surface area contributed by atoms with Gasteiger partial charge < -0.3 is 10.1 Å². The number of imide groups is 1. The number of rotatable bonds is 5. The van der Waals surface area contributed by atoms with Gasteiger partial charge in [0.2, 0.25) is 0 Å². The summed E-state index contributed by atoms with van der Waals surface area (Å²) in [5, 5.41) is 3.15. The number of hydrogen-bond donors (Lipinski definition) is 1. The fourth-order valence-electron chi connectivity index (χ4n) is 3.37. The minimum atomic E-state index is -0.376. The van der Waals surface area contributed by atoms with E-state index in [1.807, 2.05) is 67.6 Å².